The number of aliphatic hydroxyl groups excluding tert-OH is 1. The number of nitrogens with one attached hydrogen (secondary N) is 2. The Bertz CT molecular complexity index is 857. The zero-order chi connectivity index (χ0) is 21.2. The van der Waals surface area contributed by atoms with Gasteiger partial charge in [-0.3, -0.25) is 9.59 Å². The number of para-hydroxylation sites is 1. The van der Waals surface area contributed by atoms with Crippen molar-refractivity contribution in [3.05, 3.63) is 59.9 Å². The molecule has 154 valence electrons. The Hall–Kier alpha value is -3.46. The third kappa shape index (κ3) is 6.89. The predicted molar refractivity (Wildman–Crippen MR) is 105 cm³/mol. The van der Waals surface area contributed by atoms with Crippen LogP contribution in [0.15, 0.2) is 48.5 Å². The quantitative estimate of drug-likeness (QED) is 0.548. The van der Waals surface area contributed by atoms with Crippen LogP contribution >= 0.6 is 0 Å². The number of rotatable bonds is 9. The fourth-order valence-corrected chi connectivity index (χ4v) is 2.36. The summed E-state index contributed by atoms with van der Waals surface area (Å²) in [5.41, 5.74) is 1.10. The van der Waals surface area contributed by atoms with Crippen molar-refractivity contribution in [2.45, 2.75) is 0 Å². The molecule has 29 heavy (non-hydrogen) atoms. The molecule has 8 nitrogen and oxygen atoms in total. The standard InChI is InChI=1S/C20H22FN3O5/c1-24(12-18(26)23-15-8-6-14(21)7-9-15)19(27)13-29-20(28)16-4-2-3-5-17(16)22-10-11-25/h2-9,22,25H,10-13H2,1H3,(H,23,26). The minimum atomic E-state index is -0.705. The highest BCUT2D eigenvalue weighted by Gasteiger charge is 2.17. The first-order valence-electron chi connectivity index (χ1n) is 8.81. The van der Waals surface area contributed by atoms with E-state index in [0.717, 1.165) is 4.90 Å². The molecule has 0 aromatic heterocycles. The van der Waals surface area contributed by atoms with Gasteiger partial charge >= 0.3 is 5.97 Å². The molecule has 9 heteroatoms. The van der Waals surface area contributed by atoms with Gasteiger partial charge in [0.2, 0.25) is 5.91 Å². The lowest BCUT2D eigenvalue weighted by Gasteiger charge is -2.17. The van der Waals surface area contributed by atoms with E-state index in [1.807, 2.05) is 0 Å². The number of carbonyl (C=O) groups excluding carboxylic acids is 3. The number of esters is 1. The highest BCUT2D eigenvalue weighted by atomic mass is 19.1. The number of nitrogens with zero attached hydrogens (tertiary/aromatic N) is 1. The first-order chi connectivity index (χ1) is 13.9. The minimum Gasteiger partial charge on any atom is -0.452 e. The lowest BCUT2D eigenvalue weighted by atomic mass is 10.2. The maximum atomic E-state index is 12.9. The smallest absolute Gasteiger partial charge is 0.340 e. The molecule has 2 amide bonds. The van der Waals surface area contributed by atoms with Crippen LogP contribution in [-0.2, 0) is 14.3 Å². The van der Waals surface area contributed by atoms with Gasteiger partial charge in [-0.2, -0.15) is 0 Å². The second-order valence-electron chi connectivity index (χ2n) is 6.08. The summed E-state index contributed by atoms with van der Waals surface area (Å²) >= 11 is 0. The summed E-state index contributed by atoms with van der Waals surface area (Å²) in [5, 5.41) is 14.3. The summed E-state index contributed by atoms with van der Waals surface area (Å²) in [6.07, 6.45) is 0. The average Bonchev–Trinajstić information content (AvgIpc) is 2.72. The molecule has 3 N–H and O–H groups in total. The van der Waals surface area contributed by atoms with E-state index < -0.39 is 30.2 Å². The SMILES string of the molecule is CN(CC(=O)Nc1ccc(F)cc1)C(=O)COC(=O)c1ccccc1NCCO. The van der Waals surface area contributed by atoms with Gasteiger partial charge in [0, 0.05) is 25.0 Å². The van der Waals surface area contributed by atoms with Gasteiger partial charge < -0.3 is 25.4 Å². The van der Waals surface area contributed by atoms with Crippen molar-refractivity contribution in [1.29, 1.82) is 0 Å². The molecule has 0 atom stereocenters. The van der Waals surface area contributed by atoms with Gasteiger partial charge in [0.1, 0.15) is 5.82 Å². The molecule has 0 fully saturated rings. The van der Waals surface area contributed by atoms with Gasteiger partial charge in [0.25, 0.3) is 5.91 Å². The molecule has 0 unspecified atom stereocenters. The maximum Gasteiger partial charge on any atom is 0.340 e. The molecule has 0 radical (unpaired) electrons. The number of anilines is 2. The molecule has 0 saturated carbocycles. The Kier molecular flexibility index (Phi) is 8.11. The van der Waals surface area contributed by atoms with Crippen molar-refractivity contribution in [3.8, 4) is 0 Å². The lowest BCUT2D eigenvalue weighted by Crippen LogP contribution is -2.37. The van der Waals surface area contributed by atoms with E-state index in [9.17, 15) is 18.8 Å². The fourth-order valence-electron chi connectivity index (χ4n) is 2.36. The van der Waals surface area contributed by atoms with Crippen molar-refractivity contribution in [1.82, 2.24) is 4.90 Å². The van der Waals surface area contributed by atoms with Crippen molar-refractivity contribution in [2.24, 2.45) is 0 Å². The highest BCUT2D eigenvalue weighted by Crippen LogP contribution is 2.16. The van der Waals surface area contributed by atoms with Gasteiger partial charge in [-0.25, -0.2) is 9.18 Å². The number of hydrogen-bond donors (Lipinski definition) is 3. The van der Waals surface area contributed by atoms with Crippen LogP contribution in [-0.4, -0.2) is 61.1 Å². The number of ether oxygens (including phenoxy) is 1. The highest BCUT2D eigenvalue weighted by molar-refractivity contribution is 5.97. The number of likely N-dealkylation sites (N-methyl/N-ethyl adjacent to an activating group) is 1. The number of carbonyl (C=O) groups is 3. The first kappa shape index (κ1) is 21.8. The van der Waals surface area contributed by atoms with E-state index >= 15 is 0 Å². The summed E-state index contributed by atoms with van der Waals surface area (Å²) in [6.45, 7) is -0.641. The van der Waals surface area contributed by atoms with E-state index in [1.165, 1.54) is 37.4 Å². The molecule has 0 aliphatic carbocycles. The van der Waals surface area contributed by atoms with Crippen LogP contribution in [0.25, 0.3) is 0 Å². The molecule has 0 heterocycles. The lowest BCUT2D eigenvalue weighted by molar-refractivity contribution is -0.136. The summed E-state index contributed by atoms with van der Waals surface area (Å²) in [5.74, 6) is -2.17. The Balaban J connectivity index is 1.84. The number of aliphatic hydroxyl groups is 1. The Morgan fingerprint density at radius 3 is 2.48 bits per heavy atom. The first-order valence-corrected chi connectivity index (χ1v) is 8.81. The zero-order valence-corrected chi connectivity index (χ0v) is 15.9. The van der Waals surface area contributed by atoms with Crippen molar-refractivity contribution in [2.75, 3.05) is 44.0 Å². The van der Waals surface area contributed by atoms with Crippen molar-refractivity contribution in [3.63, 3.8) is 0 Å². The number of benzene rings is 2. The Morgan fingerprint density at radius 1 is 1.10 bits per heavy atom. The third-order valence-electron chi connectivity index (χ3n) is 3.84. The summed E-state index contributed by atoms with van der Waals surface area (Å²) in [4.78, 5) is 37.5. The van der Waals surface area contributed by atoms with Crippen LogP contribution in [0.2, 0.25) is 0 Å². The van der Waals surface area contributed by atoms with Crippen LogP contribution in [0.4, 0.5) is 15.8 Å². The monoisotopic (exact) mass is 403 g/mol. The van der Waals surface area contributed by atoms with E-state index in [1.54, 1.807) is 18.2 Å². The van der Waals surface area contributed by atoms with Crippen molar-refractivity contribution >= 4 is 29.2 Å². The number of amides is 2. The molecule has 2 aromatic carbocycles. The summed E-state index contributed by atoms with van der Waals surface area (Å²) in [7, 11) is 1.40. The minimum absolute atomic E-state index is 0.105. The molecular formula is C20H22FN3O5. The van der Waals surface area contributed by atoms with E-state index in [-0.39, 0.29) is 25.3 Å². The Labute approximate surface area is 167 Å². The molecule has 0 aliphatic heterocycles. The van der Waals surface area contributed by atoms with E-state index in [0.29, 0.717) is 11.4 Å². The number of hydrogen-bond acceptors (Lipinski definition) is 6. The van der Waals surface area contributed by atoms with E-state index in [4.69, 9.17) is 9.84 Å². The Morgan fingerprint density at radius 2 is 1.79 bits per heavy atom. The summed E-state index contributed by atoms with van der Waals surface area (Å²) < 4.78 is 17.9. The topological polar surface area (TPSA) is 108 Å². The average molecular weight is 403 g/mol. The zero-order valence-electron chi connectivity index (χ0n) is 15.9. The molecule has 2 rings (SSSR count). The van der Waals surface area contributed by atoms with Crippen LogP contribution in [0.1, 0.15) is 10.4 Å². The van der Waals surface area contributed by atoms with Crippen LogP contribution < -0.4 is 10.6 Å². The normalized spacial score (nSPS) is 10.2. The number of halogens is 1. The predicted octanol–water partition coefficient (Wildman–Crippen LogP) is 1.48. The van der Waals surface area contributed by atoms with Crippen molar-refractivity contribution < 1.29 is 28.6 Å². The summed E-state index contributed by atoms with van der Waals surface area (Å²) in [6, 6.07) is 11.8. The molecule has 2 aromatic rings. The van der Waals surface area contributed by atoms with Gasteiger partial charge in [0.15, 0.2) is 6.61 Å². The van der Waals surface area contributed by atoms with Crippen LogP contribution in [0, 0.1) is 5.82 Å². The third-order valence-corrected chi connectivity index (χ3v) is 3.84. The molecule has 0 saturated heterocycles. The second kappa shape index (κ2) is 10.8. The van der Waals surface area contributed by atoms with Crippen LogP contribution in [0.5, 0.6) is 0 Å². The van der Waals surface area contributed by atoms with Crippen LogP contribution in [0.3, 0.4) is 0 Å². The van der Waals surface area contributed by atoms with Gasteiger partial charge in [-0.05, 0) is 36.4 Å². The molecular weight excluding hydrogens is 381 g/mol. The van der Waals surface area contributed by atoms with Gasteiger partial charge in [-0.15, -0.1) is 0 Å². The second-order valence-corrected chi connectivity index (χ2v) is 6.08. The molecule has 0 aliphatic rings. The maximum absolute atomic E-state index is 12.9. The molecule has 0 spiro atoms. The largest absolute Gasteiger partial charge is 0.452 e. The van der Waals surface area contributed by atoms with E-state index in [2.05, 4.69) is 10.6 Å². The van der Waals surface area contributed by atoms with Gasteiger partial charge in [-0.1, -0.05) is 12.1 Å². The molecule has 0 bridgehead atoms. The van der Waals surface area contributed by atoms with Gasteiger partial charge in [0.05, 0.1) is 18.7 Å². The fraction of sp³-hybridized carbons (Fsp3) is 0.250.